The van der Waals surface area contributed by atoms with E-state index in [2.05, 4.69) is 34.5 Å². The zero-order chi connectivity index (χ0) is 14.3. The molecule has 3 heteroatoms. The molecule has 1 aromatic carbocycles. The summed E-state index contributed by atoms with van der Waals surface area (Å²) in [5.74, 6) is 1.05. The molecule has 1 fully saturated rings. The van der Waals surface area contributed by atoms with Crippen LogP contribution in [0.4, 0.5) is 5.69 Å². The lowest BCUT2D eigenvalue weighted by atomic mass is 9.95. The minimum Gasteiger partial charge on any atom is -0.491 e. The van der Waals surface area contributed by atoms with Crippen molar-refractivity contribution >= 4 is 5.69 Å². The summed E-state index contributed by atoms with van der Waals surface area (Å²) in [7, 11) is 0. The summed E-state index contributed by atoms with van der Waals surface area (Å²) in [5, 5.41) is 3.74. The zero-order valence-corrected chi connectivity index (χ0v) is 13.0. The first-order chi connectivity index (χ1) is 10.4. The Morgan fingerprint density at radius 1 is 1.10 bits per heavy atom. The van der Waals surface area contributed by atoms with Crippen LogP contribution in [-0.4, -0.2) is 32.3 Å². The number of nitrogens with one attached hydrogen (secondary N) is 1. The second-order valence-corrected chi connectivity index (χ2v) is 6.30. The molecular formula is C18H28N2O. The number of anilines is 1. The number of rotatable bonds is 5. The van der Waals surface area contributed by atoms with Gasteiger partial charge in [0.1, 0.15) is 5.75 Å². The third-order valence-electron chi connectivity index (χ3n) is 4.68. The Kier molecular flexibility index (Phi) is 5.39. The van der Waals surface area contributed by atoms with E-state index in [-0.39, 0.29) is 0 Å². The van der Waals surface area contributed by atoms with Crippen LogP contribution in [0.1, 0.15) is 44.9 Å². The molecular weight excluding hydrogens is 260 g/mol. The quantitative estimate of drug-likeness (QED) is 0.838. The van der Waals surface area contributed by atoms with Crippen LogP contribution in [0.15, 0.2) is 24.3 Å². The van der Waals surface area contributed by atoms with E-state index < -0.39 is 0 Å². The minimum absolute atomic E-state index is 0.776. The van der Waals surface area contributed by atoms with Crippen molar-refractivity contribution in [1.82, 2.24) is 5.32 Å². The highest BCUT2D eigenvalue weighted by molar-refractivity contribution is 5.58. The number of hydrogen-bond donors (Lipinski definition) is 1. The third-order valence-corrected chi connectivity index (χ3v) is 4.68. The molecule has 0 unspecified atom stereocenters. The molecule has 1 N–H and O–H groups in total. The van der Waals surface area contributed by atoms with Crippen molar-refractivity contribution in [2.24, 2.45) is 0 Å². The highest BCUT2D eigenvalue weighted by Crippen LogP contribution is 2.30. The van der Waals surface area contributed by atoms with Gasteiger partial charge >= 0.3 is 0 Å². The minimum atomic E-state index is 0.776. The van der Waals surface area contributed by atoms with Crippen molar-refractivity contribution in [2.45, 2.75) is 51.0 Å². The van der Waals surface area contributed by atoms with Gasteiger partial charge in [0.25, 0.3) is 0 Å². The van der Waals surface area contributed by atoms with E-state index in [0.29, 0.717) is 0 Å². The van der Waals surface area contributed by atoms with E-state index in [1.54, 1.807) is 0 Å². The summed E-state index contributed by atoms with van der Waals surface area (Å²) in [6, 6.07) is 9.23. The van der Waals surface area contributed by atoms with Gasteiger partial charge in [-0.3, -0.25) is 0 Å². The smallest absolute Gasteiger partial charge is 0.142 e. The van der Waals surface area contributed by atoms with E-state index in [4.69, 9.17) is 4.74 Å². The number of ether oxygens (including phenoxy) is 1. The molecule has 1 saturated carbocycles. The SMILES string of the molecule is c1ccc2c(c1)OCCCN2CCCNC1CCCCC1. The summed E-state index contributed by atoms with van der Waals surface area (Å²) < 4.78 is 5.82. The summed E-state index contributed by atoms with van der Waals surface area (Å²) in [4.78, 5) is 2.49. The zero-order valence-electron chi connectivity index (χ0n) is 13.0. The fraction of sp³-hybridized carbons (Fsp3) is 0.667. The average molecular weight is 288 g/mol. The van der Waals surface area contributed by atoms with Crippen LogP contribution in [0.25, 0.3) is 0 Å². The van der Waals surface area contributed by atoms with Crippen molar-refractivity contribution < 1.29 is 4.74 Å². The lowest BCUT2D eigenvalue weighted by Gasteiger charge is -2.26. The first-order valence-corrected chi connectivity index (χ1v) is 8.63. The highest BCUT2D eigenvalue weighted by Gasteiger charge is 2.16. The van der Waals surface area contributed by atoms with Gasteiger partial charge in [-0.15, -0.1) is 0 Å². The van der Waals surface area contributed by atoms with Crippen LogP contribution in [0, 0.1) is 0 Å². The maximum absolute atomic E-state index is 5.82. The van der Waals surface area contributed by atoms with Gasteiger partial charge in [0.05, 0.1) is 12.3 Å². The molecule has 116 valence electrons. The monoisotopic (exact) mass is 288 g/mol. The number of hydrogen-bond acceptors (Lipinski definition) is 3. The number of benzene rings is 1. The van der Waals surface area contributed by atoms with Crippen LogP contribution in [0.3, 0.4) is 0 Å². The lowest BCUT2D eigenvalue weighted by molar-refractivity contribution is 0.322. The maximum atomic E-state index is 5.82. The molecule has 3 rings (SSSR count). The van der Waals surface area contributed by atoms with Crippen LogP contribution >= 0.6 is 0 Å². The molecule has 0 aromatic heterocycles. The molecule has 1 aliphatic heterocycles. The Morgan fingerprint density at radius 2 is 1.95 bits per heavy atom. The van der Waals surface area contributed by atoms with Gasteiger partial charge in [-0.2, -0.15) is 0 Å². The van der Waals surface area contributed by atoms with Crippen LogP contribution < -0.4 is 15.0 Å². The van der Waals surface area contributed by atoms with Gasteiger partial charge < -0.3 is 15.0 Å². The summed E-state index contributed by atoms with van der Waals surface area (Å²) in [6.07, 6.45) is 9.34. The molecule has 1 aliphatic carbocycles. The third kappa shape index (κ3) is 4.13. The molecule has 0 bridgehead atoms. The van der Waals surface area contributed by atoms with E-state index in [1.807, 2.05) is 0 Å². The first-order valence-electron chi connectivity index (χ1n) is 8.63. The normalized spacial score (nSPS) is 19.7. The number of para-hydroxylation sites is 2. The van der Waals surface area contributed by atoms with Gasteiger partial charge in [-0.05, 0) is 44.4 Å². The maximum Gasteiger partial charge on any atom is 0.142 e. The highest BCUT2D eigenvalue weighted by atomic mass is 16.5. The van der Waals surface area contributed by atoms with E-state index in [0.717, 1.165) is 44.5 Å². The Balaban J connectivity index is 1.46. The van der Waals surface area contributed by atoms with E-state index in [1.165, 1.54) is 44.2 Å². The molecule has 0 saturated heterocycles. The van der Waals surface area contributed by atoms with Crippen molar-refractivity contribution in [3.05, 3.63) is 24.3 Å². The van der Waals surface area contributed by atoms with Gasteiger partial charge in [-0.1, -0.05) is 31.4 Å². The Hall–Kier alpha value is -1.22. The van der Waals surface area contributed by atoms with Crippen molar-refractivity contribution in [3.8, 4) is 5.75 Å². The van der Waals surface area contributed by atoms with Gasteiger partial charge in [0.2, 0.25) is 0 Å². The Bertz CT molecular complexity index is 429. The molecule has 1 heterocycles. The molecule has 0 radical (unpaired) electrons. The number of nitrogens with zero attached hydrogens (tertiary/aromatic N) is 1. The van der Waals surface area contributed by atoms with Crippen molar-refractivity contribution in [1.29, 1.82) is 0 Å². The van der Waals surface area contributed by atoms with Crippen LogP contribution in [0.2, 0.25) is 0 Å². The number of fused-ring (bicyclic) bond motifs is 1. The standard InChI is InChI=1S/C18H28N2O/c1-2-8-16(9-3-1)19-12-6-13-20-14-7-15-21-18-11-5-4-10-17(18)20/h4-5,10-11,16,19H,1-3,6-9,12-15H2. The summed E-state index contributed by atoms with van der Waals surface area (Å²) in [6.45, 7) is 4.22. The Morgan fingerprint density at radius 3 is 2.86 bits per heavy atom. The fourth-order valence-electron chi connectivity index (χ4n) is 3.51. The lowest BCUT2D eigenvalue weighted by Crippen LogP contribution is -2.34. The molecule has 21 heavy (non-hydrogen) atoms. The van der Waals surface area contributed by atoms with Gasteiger partial charge in [0.15, 0.2) is 0 Å². The molecule has 0 amide bonds. The second-order valence-electron chi connectivity index (χ2n) is 6.30. The molecule has 2 aliphatic rings. The summed E-state index contributed by atoms with van der Waals surface area (Å²) >= 11 is 0. The van der Waals surface area contributed by atoms with Gasteiger partial charge in [-0.25, -0.2) is 0 Å². The van der Waals surface area contributed by atoms with Crippen molar-refractivity contribution in [2.75, 3.05) is 31.1 Å². The molecule has 3 nitrogen and oxygen atoms in total. The second kappa shape index (κ2) is 7.69. The molecule has 0 spiro atoms. The van der Waals surface area contributed by atoms with E-state index in [9.17, 15) is 0 Å². The summed E-state index contributed by atoms with van der Waals surface area (Å²) in [5.41, 5.74) is 1.27. The molecule has 1 aromatic rings. The fourth-order valence-corrected chi connectivity index (χ4v) is 3.51. The predicted molar refractivity (Wildman–Crippen MR) is 88.3 cm³/mol. The topological polar surface area (TPSA) is 24.5 Å². The molecule has 0 atom stereocenters. The van der Waals surface area contributed by atoms with Crippen LogP contribution in [0.5, 0.6) is 5.75 Å². The Labute approximate surface area is 128 Å². The largest absolute Gasteiger partial charge is 0.491 e. The van der Waals surface area contributed by atoms with Crippen molar-refractivity contribution in [3.63, 3.8) is 0 Å². The van der Waals surface area contributed by atoms with Crippen LogP contribution in [-0.2, 0) is 0 Å². The predicted octanol–water partition coefficient (Wildman–Crippen LogP) is 3.59. The first kappa shape index (κ1) is 14.7. The van der Waals surface area contributed by atoms with Gasteiger partial charge in [0, 0.05) is 19.1 Å². The average Bonchev–Trinajstić information content (AvgIpc) is 2.75. The van der Waals surface area contributed by atoms with E-state index >= 15 is 0 Å².